The maximum absolute atomic E-state index is 13.5. The van der Waals surface area contributed by atoms with Gasteiger partial charge in [0.1, 0.15) is 0 Å². The summed E-state index contributed by atoms with van der Waals surface area (Å²) < 4.78 is 0. The highest BCUT2D eigenvalue weighted by molar-refractivity contribution is 6.09. The van der Waals surface area contributed by atoms with E-state index in [0.29, 0.717) is 13.1 Å². The first kappa shape index (κ1) is 18.0. The molecule has 0 saturated carbocycles. The van der Waals surface area contributed by atoms with Crippen LogP contribution in [0.25, 0.3) is 0 Å². The molecular weight excluding hydrogens is 360 g/mol. The van der Waals surface area contributed by atoms with Crippen LogP contribution in [0.15, 0.2) is 75.8 Å². The van der Waals surface area contributed by atoms with Crippen LogP contribution in [-0.4, -0.2) is 59.3 Å². The number of rotatable bonds is 4. The van der Waals surface area contributed by atoms with Gasteiger partial charge in [0.05, 0.1) is 18.7 Å². The highest BCUT2D eigenvalue weighted by Gasteiger charge is 2.41. The number of hydrogen-bond donors (Lipinski definition) is 0. The molecule has 5 rings (SSSR count). The minimum absolute atomic E-state index is 0.109. The molecule has 1 aromatic carbocycles. The Hall–Kier alpha value is -3.10. The van der Waals surface area contributed by atoms with Gasteiger partial charge in [-0.25, -0.2) is 0 Å². The molecule has 0 N–H and O–H groups in total. The van der Waals surface area contributed by atoms with Crippen LogP contribution in [0.1, 0.15) is 17.5 Å². The molecule has 0 atom stereocenters. The minimum Gasteiger partial charge on any atom is -0.314 e. The summed E-state index contributed by atoms with van der Waals surface area (Å²) in [6.07, 6.45) is 6.83. The average molecular weight is 384 g/mol. The van der Waals surface area contributed by atoms with E-state index in [9.17, 15) is 4.79 Å². The highest BCUT2D eigenvalue weighted by Crippen LogP contribution is 2.32. The van der Waals surface area contributed by atoms with Crippen LogP contribution in [0.5, 0.6) is 0 Å². The molecule has 1 amide bonds. The van der Waals surface area contributed by atoms with Gasteiger partial charge in [-0.2, -0.15) is 0 Å². The van der Waals surface area contributed by atoms with E-state index in [0.717, 1.165) is 44.1 Å². The first-order valence-corrected chi connectivity index (χ1v) is 10.2. The largest absolute Gasteiger partial charge is 0.314 e. The van der Waals surface area contributed by atoms with E-state index in [1.165, 1.54) is 22.4 Å². The molecule has 0 fully saturated rings. The van der Waals surface area contributed by atoms with Gasteiger partial charge in [-0.3, -0.25) is 19.6 Å². The molecule has 3 heterocycles. The predicted octanol–water partition coefficient (Wildman–Crippen LogP) is 2.78. The van der Waals surface area contributed by atoms with Gasteiger partial charge in [-0.05, 0) is 41.9 Å². The van der Waals surface area contributed by atoms with Crippen LogP contribution in [0.3, 0.4) is 0 Å². The van der Waals surface area contributed by atoms with Gasteiger partial charge in [0.2, 0.25) is 5.96 Å². The molecule has 0 unspecified atom stereocenters. The number of aliphatic imine (C=N–C) groups is 1. The monoisotopic (exact) mass is 384 g/mol. The number of guanidine groups is 1. The maximum atomic E-state index is 13.5. The van der Waals surface area contributed by atoms with Crippen LogP contribution < -0.4 is 0 Å². The van der Waals surface area contributed by atoms with Gasteiger partial charge < -0.3 is 4.90 Å². The van der Waals surface area contributed by atoms with Gasteiger partial charge in [-0.1, -0.05) is 35.7 Å². The van der Waals surface area contributed by atoms with Crippen molar-refractivity contribution in [1.82, 2.24) is 14.7 Å². The van der Waals surface area contributed by atoms with Gasteiger partial charge in [0, 0.05) is 38.3 Å². The van der Waals surface area contributed by atoms with Gasteiger partial charge in [-0.15, -0.1) is 0 Å². The number of nitrogens with zero attached hydrogens (tertiary/aromatic N) is 4. The van der Waals surface area contributed by atoms with E-state index in [2.05, 4.69) is 51.4 Å². The Morgan fingerprint density at radius 2 is 2.03 bits per heavy atom. The van der Waals surface area contributed by atoms with Gasteiger partial charge >= 0.3 is 0 Å². The zero-order chi connectivity index (χ0) is 19.8. The summed E-state index contributed by atoms with van der Waals surface area (Å²) in [6, 6.07) is 8.27. The minimum atomic E-state index is 0.109. The molecule has 4 aliphatic rings. The molecule has 146 valence electrons. The summed E-state index contributed by atoms with van der Waals surface area (Å²) in [6.45, 7) is 6.75. The second-order valence-electron chi connectivity index (χ2n) is 7.88. The lowest BCUT2D eigenvalue weighted by atomic mass is 9.99. The Morgan fingerprint density at radius 1 is 1.14 bits per heavy atom. The molecule has 0 spiro atoms. The molecule has 0 bridgehead atoms. The van der Waals surface area contributed by atoms with Crippen molar-refractivity contribution in [3.8, 4) is 0 Å². The summed E-state index contributed by atoms with van der Waals surface area (Å²) in [7, 11) is 0. The fraction of sp³-hybridized carbons (Fsp3) is 0.333. The fourth-order valence-corrected chi connectivity index (χ4v) is 4.44. The zero-order valence-electron chi connectivity index (χ0n) is 16.7. The number of aryl methyl sites for hydroxylation is 1. The SMILES string of the molecule is Cc1ccccc1CN1C(=O)C2=C(CCN(CC3=CC=C=C=C3)C2)N2CCN=C12. The van der Waals surface area contributed by atoms with E-state index < -0.39 is 0 Å². The van der Waals surface area contributed by atoms with E-state index in [1.54, 1.807) is 0 Å². The molecule has 5 nitrogen and oxygen atoms in total. The summed E-state index contributed by atoms with van der Waals surface area (Å²) in [5.74, 6) is 0.941. The molecule has 3 aliphatic heterocycles. The summed E-state index contributed by atoms with van der Waals surface area (Å²) in [5, 5.41) is 0. The average Bonchev–Trinajstić information content (AvgIpc) is 3.23. The second-order valence-corrected chi connectivity index (χ2v) is 7.88. The summed E-state index contributed by atoms with van der Waals surface area (Å²) in [4.78, 5) is 24.7. The van der Waals surface area contributed by atoms with Crippen molar-refractivity contribution in [2.24, 2.45) is 4.99 Å². The number of fused-ring (bicyclic) bond motifs is 2. The Kier molecular flexibility index (Phi) is 4.57. The summed E-state index contributed by atoms with van der Waals surface area (Å²) >= 11 is 0. The topological polar surface area (TPSA) is 39.2 Å². The van der Waals surface area contributed by atoms with Crippen LogP contribution in [-0.2, 0) is 11.3 Å². The highest BCUT2D eigenvalue weighted by atomic mass is 16.2. The number of allylic oxidation sites excluding steroid dienone is 2. The fourth-order valence-electron chi connectivity index (χ4n) is 4.44. The predicted molar refractivity (Wildman–Crippen MR) is 113 cm³/mol. The summed E-state index contributed by atoms with van der Waals surface area (Å²) in [5.41, 5.74) is 11.7. The number of amides is 1. The van der Waals surface area contributed by atoms with Crippen molar-refractivity contribution < 1.29 is 4.79 Å². The van der Waals surface area contributed by atoms with Crippen molar-refractivity contribution in [1.29, 1.82) is 0 Å². The number of carbonyl (C=O) groups is 1. The van der Waals surface area contributed by atoms with Crippen molar-refractivity contribution in [3.05, 3.63) is 81.9 Å². The maximum Gasteiger partial charge on any atom is 0.259 e. The Labute approximate surface area is 171 Å². The number of hydrogen-bond acceptors (Lipinski definition) is 4. The van der Waals surface area contributed by atoms with Crippen LogP contribution >= 0.6 is 0 Å². The van der Waals surface area contributed by atoms with Crippen LogP contribution in [0, 0.1) is 6.92 Å². The Balaban J connectivity index is 1.41. The molecule has 1 aromatic rings. The lowest BCUT2D eigenvalue weighted by Gasteiger charge is -2.42. The second kappa shape index (κ2) is 7.38. The Bertz CT molecular complexity index is 1060. The van der Waals surface area contributed by atoms with Gasteiger partial charge in [0.25, 0.3) is 5.91 Å². The van der Waals surface area contributed by atoms with E-state index >= 15 is 0 Å². The van der Waals surface area contributed by atoms with E-state index in [1.807, 2.05) is 29.2 Å². The lowest BCUT2D eigenvalue weighted by molar-refractivity contribution is -0.125. The van der Waals surface area contributed by atoms with Gasteiger partial charge in [0.15, 0.2) is 0 Å². The Morgan fingerprint density at radius 3 is 2.86 bits per heavy atom. The smallest absolute Gasteiger partial charge is 0.259 e. The standard InChI is InChI=1S/C24H24N4O/c1-18-7-5-6-10-20(18)16-28-23(29)21-17-26(15-19-8-3-2-4-9-19)13-11-22(21)27-14-12-25-24(27)28/h3,5-10H,11-17H2,1H3. The molecule has 29 heavy (non-hydrogen) atoms. The third kappa shape index (κ3) is 3.30. The molecule has 0 aromatic heterocycles. The van der Waals surface area contributed by atoms with Crippen LogP contribution in [0.4, 0.5) is 0 Å². The van der Waals surface area contributed by atoms with E-state index in [4.69, 9.17) is 0 Å². The van der Waals surface area contributed by atoms with Crippen molar-refractivity contribution >= 4 is 11.9 Å². The number of carbonyl (C=O) groups excluding carboxylic acids is 1. The molecule has 5 heteroatoms. The molecule has 0 radical (unpaired) electrons. The van der Waals surface area contributed by atoms with Crippen molar-refractivity contribution in [2.75, 3.05) is 32.7 Å². The zero-order valence-corrected chi connectivity index (χ0v) is 16.7. The molecule has 0 saturated heterocycles. The van der Waals surface area contributed by atoms with E-state index in [-0.39, 0.29) is 5.91 Å². The molecular formula is C24H24N4O. The van der Waals surface area contributed by atoms with Crippen molar-refractivity contribution in [2.45, 2.75) is 19.9 Å². The first-order valence-electron chi connectivity index (χ1n) is 10.2. The van der Waals surface area contributed by atoms with Crippen molar-refractivity contribution in [3.63, 3.8) is 0 Å². The number of benzene rings is 1. The first-order chi connectivity index (χ1) is 14.2. The lowest BCUT2D eigenvalue weighted by Crippen LogP contribution is -2.53. The third-order valence-corrected chi connectivity index (χ3v) is 6.00. The molecule has 1 aliphatic carbocycles. The van der Waals surface area contributed by atoms with Crippen LogP contribution in [0.2, 0.25) is 0 Å². The quantitative estimate of drug-likeness (QED) is 0.750. The third-order valence-electron chi connectivity index (χ3n) is 6.00. The normalized spacial score (nSPS) is 20.8.